The molecule has 2 N–H and O–H groups in total. The van der Waals surface area contributed by atoms with Crippen LogP contribution in [-0.4, -0.2) is 57.2 Å². The molecule has 22 heavy (non-hydrogen) atoms. The van der Waals surface area contributed by atoms with Crippen molar-refractivity contribution in [3.05, 3.63) is 0 Å². The Balaban J connectivity index is 2.66. The van der Waals surface area contributed by atoms with Gasteiger partial charge in [0.05, 0.1) is 24.4 Å². The molecule has 1 atom stereocenters. The maximum absolute atomic E-state index is 10.4. The maximum Gasteiger partial charge on any atom is 0.0900 e. The minimum absolute atomic E-state index is 0.156. The molecule has 1 fully saturated rings. The Hall–Kier alpha value is -0.600. The van der Waals surface area contributed by atoms with E-state index in [-0.39, 0.29) is 23.8 Å². The highest BCUT2D eigenvalue weighted by Crippen LogP contribution is 2.38. The van der Waals surface area contributed by atoms with Crippen LogP contribution in [0.1, 0.15) is 60.8 Å². The molecule has 0 aliphatic carbocycles. The van der Waals surface area contributed by atoms with E-state index in [1.54, 1.807) is 0 Å². The molecule has 1 aliphatic heterocycles. The number of nitrogens with zero attached hydrogens (tertiary/aromatic N) is 1. The lowest BCUT2D eigenvalue weighted by Crippen LogP contribution is -2.63. The Kier molecular flexibility index (Phi) is 6.08. The van der Waals surface area contributed by atoms with E-state index in [0.29, 0.717) is 25.8 Å². The summed E-state index contributed by atoms with van der Waals surface area (Å²) >= 11 is 0. The van der Waals surface area contributed by atoms with Gasteiger partial charge in [-0.3, -0.25) is 4.90 Å². The van der Waals surface area contributed by atoms with Crippen LogP contribution in [0.4, 0.5) is 0 Å². The molecule has 0 aromatic carbocycles. The van der Waals surface area contributed by atoms with Crippen LogP contribution in [0.25, 0.3) is 0 Å². The van der Waals surface area contributed by atoms with Gasteiger partial charge < -0.3 is 14.9 Å². The van der Waals surface area contributed by atoms with Crippen molar-refractivity contribution >= 4 is 0 Å². The molecule has 0 saturated carbocycles. The second-order valence-corrected chi connectivity index (χ2v) is 8.40. The maximum atomic E-state index is 10.4. The number of hydrogen-bond donors (Lipinski definition) is 2. The molecule has 1 heterocycles. The molecule has 1 saturated heterocycles. The lowest BCUT2D eigenvalue weighted by molar-refractivity contribution is -0.116. The van der Waals surface area contributed by atoms with Crippen LogP contribution < -0.4 is 0 Å². The summed E-state index contributed by atoms with van der Waals surface area (Å²) in [5.41, 5.74) is -0.730. The van der Waals surface area contributed by atoms with E-state index in [4.69, 9.17) is 11.2 Å². The fourth-order valence-electron chi connectivity index (χ4n) is 3.64. The first-order valence-electron chi connectivity index (χ1n) is 8.11. The number of β-amino-alcohol motifs (C(OH)–C–C–N with tert-alkyl or cyclic N) is 1. The van der Waals surface area contributed by atoms with Gasteiger partial charge in [0.25, 0.3) is 0 Å². The number of aliphatic hydroxyl groups is 2. The van der Waals surface area contributed by atoms with Crippen LogP contribution >= 0.6 is 0 Å². The van der Waals surface area contributed by atoms with Crippen molar-refractivity contribution < 1.29 is 14.9 Å². The summed E-state index contributed by atoms with van der Waals surface area (Å²) in [4.78, 5) is 2.29. The van der Waals surface area contributed by atoms with E-state index >= 15 is 0 Å². The molecule has 0 radical (unpaired) electrons. The molecule has 0 amide bonds. The number of hydrogen-bond acceptors (Lipinski definition) is 4. The standard InChI is InChI=1S/C18H33NO3/c1-8-9-18(6,7)22-13-15(21)12-19-16(2,3)10-14(20)11-17(19,4)5/h1,14-15,20-21H,9-13H2,2-7H3. The normalized spacial score (nSPS) is 24.0. The number of likely N-dealkylation sites (tertiary alicyclic amines) is 1. The highest BCUT2D eigenvalue weighted by Gasteiger charge is 2.45. The molecule has 0 spiro atoms. The number of aliphatic hydroxyl groups excluding tert-OH is 2. The van der Waals surface area contributed by atoms with E-state index in [0.717, 1.165) is 0 Å². The average Bonchev–Trinajstić information content (AvgIpc) is 2.30. The Labute approximate surface area is 135 Å². The van der Waals surface area contributed by atoms with E-state index in [2.05, 4.69) is 38.5 Å². The predicted molar refractivity (Wildman–Crippen MR) is 89.6 cm³/mol. The van der Waals surface area contributed by atoms with Gasteiger partial charge in [0.15, 0.2) is 0 Å². The monoisotopic (exact) mass is 311 g/mol. The van der Waals surface area contributed by atoms with Crippen molar-refractivity contribution in [2.45, 2.75) is 89.7 Å². The highest BCUT2D eigenvalue weighted by molar-refractivity contribution is 5.00. The SMILES string of the molecule is C#CCC(C)(C)OCC(O)CN1C(C)(C)CC(O)CC1(C)C. The summed E-state index contributed by atoms with van der Waals surface area (Å²) in [6.45, 7) is 13.1. The Morgan fingerprint density at radius 2 is 1.77 bits per heavy atom. The van der Waals surface area contributed by atoms with E-state index in [1.165, 1.54) is 0 Å². The van der Waals surface area contributed by atoms with Gasteiger partial charge in [-0.2, -0.15) is 0 Å². The van der Waals surface area contributed by atoms with E-state index in [9.17, 15) is 10.2 Å². The molecular weight excluding hydrogens is 278 g/mol. The van der Waals surface area contributed by atoms with Crippen LogP contribution in [-0.2, 0) is 4.74 Å². The van der Waals surface area contributed by atoms with Crippen molar-refractivity contribution in [2.75, 3.05) is 13.2 Å². The van der Waals surface area contributed by atoms with Crippen molar-refractivity contribution in [1.29, 1.82) is 0 Å². The summed E-state index contributed by atoms with van der Waals surface area (Å²) in [6.07, 6.45) is 6.41. The van der Waals surface area contributed by atoms with E-state index in [1.807, 2.05) is 13.8 Å². The molecule has 4 nitrogen and oxygen atoms in total. The van der Waals surface area contributed by atoms with Gasteiger partial charge in [0.2, 0.25) is 0 Å². The van der Waals surface area contributed by atoms with Crippen LogP contribution in [0.3, 0.4) is 0 Å². The van der Waals surface area contributed by atoms with Crippen molar-refractivity contribution in [2.24, 2.45) is 0 Å². The minimum atomic E-state index is -0.578. The Morgan fingerprint density at radius 3 is 2.23 bits per heavy atom. The molecule has 0 aromatic heterocycles. The fraction of sp³-hybridized carbons (Fsp3) is 0.889. The first-order chi connectivity index (χ1) is 9.89. The van der Waals surface area contributed by atoms with Gasteiger partial charge in [-0.1, -0.05) is 0 Å². The molecule has 0 bridgehead atoms. The van der Waals surface area contributed by atoms with Gasteiger partial charge in [-0.25, -0.2) is 0 Å². The van der Waals surface area contributed by atoms with Crippen LogP contribution in [0, 0.1) is 12.3 Å². The zero-order valence-corrected chi connectivity index (χ0v) is 15.0. The number of terminal acetylenes is 1. The smallest absolute Gasteiger partial charge is 0.0900 e. The first-order valence-corrected chi connectivity index (χ1v) is 8.11. The van der Waals surface area contributed by atoms with Gasteiger partial charge in [-0.05, 0) is 54.4 Å². The summed E-state index contributed by atoms with van der Waals surface area (Å²) in [5, 5.41) is 20.5. The summed E-state index contributed by atoms with van der Waals surface area (Å²) in [7, 11) is 0. The minimum Gasteiger partial charge on any atom is -0.393 e. The third-order valence-corrected chi connectivity index (χ3v) is 4.52. The molecule has 1 rings (SSSR count). The topological polar surface area (TPSA) is 52.9 Å². The molecule has 4 heteroatoms. The zero-order valence-electron chi connectivity index (χ0n) is 15.0. The molecule has 128 valence electrons. The number of rotatable bonds is 6. The molecular formula is C18H33NO3. The van der Waals surface area contributed by atoms with Crippen molar-refractivity contribution in [1.82, 2.24) is 4.90 Å². The Morgan fingerprint density at radius 1 is 1.27 bits per heavy atom. The van der Waals surface area contributed by atoms with Crippen LogP contribution in [0.2, 0.25) is 0 Å². The van der Waals surface area contributed by atoms with Gasteiger partial charge in [0, 0.05) is 24.0 Å². The average molecular weight is 311 g/mol. The number of piperidine rings is 1. The predicted octanol–water partition coefficient (Wildman–Crippen LogP) is 2.18. The largest absolute Gasteiger partial charge is 0.393 e. The third-order valence-electron chi connectivity index (χ3n) is 4.52. The second-order valence-electron chi connectivity index (χ2n) is 8.40. The molecule has 1 aliphatic rings. The lowest BCUT2D eigenvalue weighted by Gasteiger charge is -2.55. The van der Waals surface area contributed by atoms with Gasteiger partial charge >= 0.3 is 0 Å². The quantitative estimate of drug-likeness (QED) is 0.738. The van der Waals surface area contributed by atoms with Crippen molar-refractivity contribution in [3.8, 4) is 12.3 Å². The summed E-state index contributed by atoms with van der Waals surface area (Å²) in [6, 6.07) is 0. The van der Waals surface area contributed by atoms with Gasteiger partial charge in [-0.15, -0.1) is 12.3 Å². The van der Waals surface area contributed by atoms with E-state index < -0.39 is 11.7 Å². The molecule has 1 unspecified atom stereocenters. The van der Waals surface area contributed by atoms with Crippen LogP contribution in [0.15, 0.2) is 0 Å². The van der Waals surface area contributed by atoms with Crippen LogP contribution in [0.5, 0.6) is 0 Å². The summed E-state index contributed by atoms with van der Waals surface area (Å²) < 4.78 is 5.76. The first kappa shape index (κ1) is 19.4. The summed E-state index contributed by atoms with van der Waals surface area (Å²) in [5.74, 6) is 2.60. The third kappa shape index (κ3) is 5.24. The van der Waals surface area contributed by atoms with Gasteiger partial charge in [0.1, 0.15) is 0 Å². The molecule has 0 aromatic rings. The van der Waals surface area contributed by atoms with Crippen molar-refractivity contribution in [3.63, 3.8) is 0 Å². The zero-order chi connectivity index (χ0) is 17.2. The number of ether oxygens (including phenoxy) is 1. The Bertz CT molecular complexity index is 391. The highest BCUT2D eigenvalue weighted by atomic mass is 16.5. The second kappa shape index (κ2) is 6.88. The lowest BCUT2D eigenvalue weighted by atomic mass is 9.78. The fourth-order valence-corrected chi connectivity index (χ4v) is 3.64.